The average molecular weight is 357 g/mol. The van der Waals surface area contributed by atoms with Crippen molar-refractivity contribution in [3.05, 3.63) is 21.8 Å². The average Bonchev–Trinajstić information content (AvgIpc) is 3.01. The Balaban J connectivity index is 1.89. The van der Waals surface area contributed by atoms with E-state index in [1.165, 1.54) is 12.8 Å². The molecule has 2 heterocycles. The highest BCUT2D eigenvalue weighted by molar-refractivity contribution is 14.1. The summed E-state index contributed by atoms with van der Waals surface area (Å²) in [6.07, 6.45) is 2.35. The molecule has 1 fully saturated rings. The van der Waals surface area contributed by atoms with Gasteiger partial charge in [0.25, 0.3) is 11.8 Å². The van der Waals surface area contributed by atoms with E-state index in [0.717, 1.165) is 22.2 Å². The highest BCUT2D eigenvalue weighted by Gasteiger charge is 2.18. The number of phenolic OH excluding ortho intramolecular Hbond substituents is 1. The van der Waals surface area contributed by atoms with Gasteiger partial charge in [-0.3, -0.25) is 0 Å². The quantitative estimate of drug-likeness (QED) is 0.838. The second-order valence-electron chi connectivity index (χ2n) is 4.26. The monoisotopic (exact) mass is 357 g/mol. The predicted octanol–water partition coefficient (Wildman–Crippen LogP) is 2.65. The summed E-state index contributed by atoms with van der Waals surface area (Å²) in [6.45, 7) is 1.97. The molecule has 94 valence electrons. The molecule has 1 aromatic heterocycles. The minimum absolute atomic E-state index is 0.231. The molecule has 1 aromatic carbocycles. The topological polar surface area (TPSA) is 62.4 Å². The van der Waals surface area contributed by atoms with Crippen LogP contribution < -0.4 is 4.90 Å². The van der Waals surface area contributed by atoms with Crippen LogP contribution in [0.25, 0.3) is 11.5 Å². The van der Waals surface area contributed by atoms with Crippen LogP contribution in [0.2, 0.25) is 0 Å². The van der Waals surface area contributed by atoms with Crippen LogP contribution in [0, 0.1) is 3.57 Å². The first-order valence-corrected chi connectivity index (χ1v) is 6.89. The minimum Gasteiger partial charge on any atom is -0.507 e. The Kier molecular flexibility index (Phi) is 3.11. The molecule has 0 unspecified atom stereocenters. The molecule has 1 N–H and O–H groups in total. The van der Waals surface area contributed by atoms with E-state index in [0.29, 0.717) is 11.8 Å². The number of rotatable bonds is 2. The fourth-order valence-corrected chi connectivity index (χ4v) is 2.36. The first kappa shape index (κ1) is 11.8. The lowest BCUT2D eigenvalue weighted by molar-refractivity contribution is 0.429. The lowest BCUT2D eigenvalue weighted by Gasteiger charge is -2.09. The van der Waals surface area contributed by atoms with Crippen LogP contribution in [-0.2, 0) is 0 Å². The van der Waals surface area contributed by atoms with Crippen LogP contribution in [0.5, 0.6) is 5.75 Å². The van der Waals surface area contributed by atoms with E-state index in [4.69, 9.17) is 4.52 Å². The van der Waals surface area contributed by atoms with Gasteiger partial charge < -0.3 is 14.5 Å². The molecule has 2 aromatic rings. The molecule has 6 heteroatoms. The summed E-state index contributed by atoms with van der Waals surface area (Å²) in [7, 11) is 0. The summed E-state index contributed by atoms with van der Waals surface area (Å²) >= 11 is 2.07. The lowest BCUT2D eigenvalue weighted by atomic mass is 10.2. The molecule has 0 aliphatic carbocycles. The van der Waals surface area contributed by atoms with E-state index >= 15 is 0 Å². The highest BCUT2D eigenvalue weighted by Crippen LogP contribution is 2.28. The third-order valence-electron chi connectivity index (χ3n) is 3.00. The lowest BCUT2D eigenvalue weighted by Crippen LogP contribution is -2.18. The van der Waals surface area contributed by atoms with Gasteiger partial charge in [-0.1, -0.05) is 0 Å². The molecule has 0 saturated carbocycles. The molecule has 0 radical (unpaired) electrons. The summed E-state index contributed by atoms with van der Waals surface area (Å²) < 4.78 is 6.04. The molecular formula is C12H12IN3O2. The van der Waals surface area contributed by atoms with E-state index in [-0.39, 0.29) is 5.75 Å². The Hall–Kier alpha value is -1.31. The highest BCUT2D eigenvalue weighted by atomic mass is 127. The van der Waals surface area contributed by atoms with Gasteiger partial charge in [0.05, 0.1) is 3.57 Å². The van der Waals surface area contributed by atoms with Gasteiger partial charge in [-0.05, 0) is 58.8 Å². The second-order valence-corrected chi connectivity index (χ2v) is 5.42. The number of hydrogen-bond donors (Lipinski definition) is 1. The standard InChI is InChI=1S/C12H12IN3O2/c13-9-4-3-8(7-10(9)17)11-14-12(15-18-11)16-5-1-2-6-16/h3-4,7,17H,1-2,5-6H2. The van der Waals surface area contributed by atoms with Crippen LogP contribution >= 0.6 is 22.6 Å². The summed E-state index contributed by atoms with van der Waals surface area (Å²) in [4.78, 5) is 6.48. The Morgan fingerprint density at radius 1 is 1.28 bits per heavy atom. The van der Waals surface area contributed by atoms with Gasteiger partial charge >= 0.3 is 0 Å². The van der Waals surface area contributed by atoms with Gasteiger partial charge in [-0.15, -0.1) is 0 Å². The van der Waals surface area contributed by atoms with Crippen molar-refractivity contribution in [1.29, 1.82) is 0 Å². The van der Waals surface area contributed by atoms with Crippen molar-refractivity contribution in [1.82, 2.24) is 10.1 Å². The molecule has 3 rings (SSSR count). The largest absolute Gasteiger partial charge is 0.507 e. The molecule has 5 nitrogen and oxygen atoms in total. The molecule has 0 bridgehead atoms. The zero-order chi connectivity index (χ0) is 12.5. The molecule has 1 saturated heterocycles. The maximum Gasteiger partial charge on any atom is 0.266 e. The fraction of sp³-hybridized carbons (Fsp3) is 0.333. The Bertz CT molecular complexity index is 564. The Labute approximate surface area is 118 Å². The van der Waals surface area contributed by atoms with Crippen molar-refractivity contribution < 1.29 is 9.63 Å². The van der Waals surface area contributed by atoms with E-state index in [1.807, 2.05) is 12.1 Å². The third kappa shape index (κ3) is 2.16. The maximum absolute atomic E-state index is 9.67. The first-order valence-electron chi connectivity index (χ1n) is 5.81. The second kappa shape index (κ2) is 4.75. The van der Waals surface area contributed by atoms with E-state index < -0.39 is 0 Å². The van der Waals surface area contributed by atoms with Gasteiger partial charge in [0.2, 0.25) is 0 Å². The van der Waals surface area contributed by atoms with E-state index in [1.54, 1.807) is 6.07 Å². The third-order valence-corrected chi connectivity index (χ3v) is 3.91. The number of anilines is 1. The van der Waals surface area contributed by atoms with Crippen molar-refractivity contribution in [2.75, 3.05) is 18.0 Å². The number of phenols is 1. The summed E-state index contributed by atoms with van der Waals surface area (Å²) in [5, 5.41) is 13.7. The Morgan fingerprint density at radius 2 is 2.06 bits per heavy atom. The van der Waals surface area contributed by atoms with Crippen molar-refractivity contribution in [3.8, 4) is 17.2 Å². The number of halogens is 1. The fourth-order valence-electron chi connectivity index (χ4n) is 2.02. The molecule has 1 aliphatic rings. The van der Waals surface area contributed by atoms with Gasteiger partial charge in [-0.2, -0.15) is 4.98 Å². The van der Waals surface area contributed by atoms with Gasteiger partial charge in [0, 0.05) is 18.7 Å². The predicted molar refractivity (Wildman–Crippen MR) is 75.6 cm³/mol. The number of nitrogens with zero attached hydrogens (tertiary/aromatic N) is 3. The summed E-state index contributed by atoms with van der Waals surface area (Å²) in [6, 6.07) is 5.33. The van der Waals surface area contributed by atoms with Crippen LogP contribution in [0.4, 0.5) is 5.95 Å². The zero-order valence-corrected chi connectivity index (χ0v) is 11.8. The van der Waals surface area contributed by atoms with E-state index in [9.17, 15) is 5.11 Å². The maximum atomic E-state index is 9.67. The molecule has 1 aliphatic heterocycles. The molecular weight excluding hydrogens is 345 g/mol. The zero-order valence-electron chi connectivity index (χ0n) is 9.64. The van der Waals surface area contributed by atoms with Crippen molar-refractivity contribution in [2.24, 2.45) is 0 Å². The smallest absolute Gasteiger partial charge is 0.266 e. The number of aromatic nitrogens is 2. The molecule has 0 atom stereocenters. The van der Waals surface area contributed by atoms with Gasteiger partial charge in [0.15, 0.2) is 0 Å². The van der Waals surface area contributed by atoms with Gasteiger partial charge in [-0.25, -0.2) is 0 Å². The van der Waals surface area contributed by atoms with Gasteiger partial charge in [0.1, 0.15) is 5.75 Å². The first-order chi connectivity index (χ1) is 8.74. The van der Waals surface area contributed by atoms with Crippen LogP contribution in [0.3, 0.4) is 0 Å². The normalized spacial score (nSPS) is 15.3. The molecule has 0 spiro atoms. The minimum atomic E-state index is 0.231. The summed E-state index contributed by atoms with van der Waals surface area (Å²) in [5.41, 5.74) is 0.742. The number of aromatic hydroxyl groups is 1. The van der Waals surface area contributed by atoms with Crippen LogP contribution in [0.1, 0.15) is 12.8 Å². The van der Waals surface area contributed by atoms with Crippen LogP contribution in [-0.4, -0.2) is 28.3 Å². The molecule has 0 amide bonds. The van der Waals surface area contributed by atoms with Crippen molar-refractivity contribution in [3.63, 3.8) is 0 Å². The van der Waals surface area contributed by atoms with Crippen LogP contribution in [0.15, 0.2) is 22.7 Å². The number of hydrogen-bond acceptors (Lipinski definition) is 5. The Morgan fingerprint density at radius 3 is 2.78 bits per heavy atom. The summed E-state index contributed by atoms with van der Waals surface area (Å²) in [5.74, 6) is 1.32. The number of benzene rings is 1. The van der Waals surface area contributed by atoms with E-state index in [2.05, 4.69) is 37.6 Å². The van der Waals surface area contributed by atoms with Crippen molar-refractivity contribution >= 4 is 28.5 Å². The SMILES string of the molecule is Oc1cc(-c2nc(N3CCCC3)no2)ccc1I. The molecule has 18 heavy (non-hydrogen) atoms. The van der Waals surface area contributed by atoms with Crippen molar-refractivity contribution in [2.45, 2.75) is 12.8 Å².